The summed E-state index contributed by atoms with van der Waals surface area (Å²) in [5.74, 6) is 3.38. The third kappa shape index (κ3) is 3.53. The first kappa shape index (κ1) is 22.5. The van der Waals surface area contributed by atoms with E-state index >= 15 is 0 Å². The van der Waals surface area contributed by atoms with Crippen molar-refractivity contribution in [1.29, 1.82) is 0 Å². The molecule has 1 aromatic carbocycles. The highest BCUT2D eigenvalue weighted by molar-refractivity contribution is 7.85. The van der Waals surface area contributed by atoms with Crippen LogP contribution in [0.3, 0.4) is 0 Å². The van der Waals surface area contributed by atoms with Gasteiger partial charge in [-0.05, 0) is 62.3 Å². The van der Waals surface area contributed by atoms with E-state index in [1.807, 2.05) is 6.92 Å². The number of benzene rings is 1. The Morgan fingerprint density at radius 2 is 1.83 bits per heavy atom. The number of nitrogens with zero attached hydrogens (tertiary/aromatic N) is 5. The van der Waals surface area contributed by atoms with Gasteiger partial charge in [0.2, 0.25) is 5.95 Å². The second kappa shape index (κ2) is 8.43. The van der Waals surface area contributed by atoms with E-state index in [1.54, 1.807) is 7.11 Å². The Kier molecular flexibility index (Phi) is 5.27. The Morgan fingerprint density at radius 3 is 2.47 bits per heavy atom. The first-order valence-electron chi connectivity index (χ1n) is 13.3. The molecule has 3 atom stereocenters. The molecule has 5 aliphatic rings. The van der Waals surface area contributed by atoms with Gasteiger partial charge in [-0.2, -0.15) is 4.98 Å². The first-order chi connectivity index (χ1) is 17.5. The molecule has 1 aromatic heterocycles. The van der Waals surface area contributed by atoms with Crippen molar-refractivity contribution in [3.05, 3.63) is 35.0 Å². The average Bonchev–Trinajstić information content (AvgIpc) is 3.50. The summed E-state index contributed by atoms with van der Waals surface area (Å²) in [6.45, 7) is 6.14. The molecule has 3 aliphatic heterocycles. The maximum absolute atomic E-state index is 12.9. The summed E-state index contributed by atoms with van der Waals surface area (Å²) in [7, 11) is 0.521. The molecule has 0 spiro atoms. The van der Waals surface area contributed by atoms with E-state index in [0.29, 0.717) is 17.6 Å². The van der Waals surface area contributed by atoms with Crippen LogP contribution in [0.15, 0.2) is 28.3 Å². The van der Waals surface area contributed by atoms with Gasteiger partial charge in [-0.25, -0.2) is 4.98 Å². The molecule has 3 fully saturated rings. The van der Waals surface area contributed by atoms with Crippen molar-refractivity contribution >= 4 is 34.0 Å². The first-order valence-corrected chi connectivity index (χ1v) is 14.6. The Hall–Kier alpha value is -2.68. The predicted octanol–water partition coefficient (Wildman–Crippen LogP) is 3.17. The van der Waals surface area contributed by atoms with Crippen LogP contribution in [-0.4, -0.2) is 64.5 Å². The van der Waals surface area contributed by atoms with Crippen LogP contribution >= 0.6 is 0 Å². The second-order valence-corrected chi connectivity index (χ2v) is 12.7. The van der Waals surface area contributed by atoms with Crippen LogP contribution in [0.5, 0.6) is 0 Å². The standard InChI is InChI=1S/C27H34N6O2S/c1-17(31-35-2)27(9-3-10-27)30-25-24-23(8-11-36(24)34)28-26(29-25)33-15-20-13-32(14-21(20)16-33)22-7-6-18-4-5-19(18)12-22/h6-7,12,20-21H,3-5,8-11,13-16H2,1-2H3,(H,28,29,30)/b31-17+. The summed E-state index contributed by atoms with van der Waals surface area (Å²) >= 11 is 0. The average molecular weight is 507 g/mol. The van der Waals surface area contributed by atoms with Gasteiger partial charge in [0.1, 0.15) is 17.8 Å². The lowest BCUT2D eigenvalue weighted by Crippen LogP contribution is -2.51. The number of hydrogen-bond donors (Lipinski definition) is 1. The number of oxime groups is 1. The van der Waals surface area contributed by atoms with Crippen LogP contribution in [0.25, 0.3) is 0 Å². The summed E-state index contributed by atoms with van der Waals surface area (Å²) in [6, 6.07) is 7.04. The lowest BCUT2D eigenvalue weighted by molar-refractivity contribution is 0.206. The van der Waals surface area contributed by atoms with Crippen molar-refractivity contribution in [2.24, 2.45) is 17.0 Å². The minimum atomic E-state index is -1.06. The molecule has 2 aliphatic carbocycles. The molecular weight excluding hydrogens is 472 g/mol. The fraction of sp³-hybridized carbons (Fsp3) is 0.593. The molecule has 190 valence electrons. The smallest absolute Gasteiger partial charge is 0.227 e. The van der Waals surface area contributed by atoms with E-state index in [1.165, 1.54) is 29.7 Å². The van der Waals surface area contributed by atoms with Crippen LogP contribution < -0.4 is 15.1 Å². The number of fused-ring (bicyclic) bond motifs is 3. The fourth-order valence-corrected chi connectivity index (χ4v) is 8.02. The maximum Gasteiger partial charge on any atom is 0.227 e. The number of aromatic nitrogens is 2. The molecule has 1 saturated carbocycles. The predicted molar refractivity (Wildman–Crippen MR) is 143 cm³/mol. The number of nitrogens with one attached hydrogen (secondary N) is 1. The molecule has 2 saturated heterocycles. The number of rotatable bonds is 6. The van der Waals surface area contributed by atoms with Gasteiger partial charge in [-0.3, -0.25) is 4.21 Å². The van der Waals surface area contributed by atoms with Gasteiger partial charge >= 0.3 is 0 Å². The molecule has 1 N–H and O–H groups in total. The summed E-state index contributed by atoms with van der Waals surface area (Å²) in [4.78, 5) is 20.8. The van der Waals surface area contributed by atoms with Crippen LogP contribution in [0.2, 0.25) is 0 Å². The Morgan fingerprint density at radius 1 is 1.08 bits per heavy atom. The van der Waals surface area contributed by atoms with Crippen LogP contribution in [-0.2, 0) is 34.9 Å². The summed E-state index contributed by atoms with van der Waals surface area (Å²) in [5.41, 5.74) is 6.02. The van der Waals surface area contributed by atoms with Gasteiger partial charge in [0.05, 0.1) is 27.7 Å². The molecule has 0 bridgehead atoms. The minimum Gasteiger partial charge on any atom is -0.399 e. The normalized spacial score (nSPS) is 27.7. The van der Waals surface area contributed by atoms with Crippen molar-refractivity contribution in [2.45, 2.75) is 55.9 Å². The van der Waals surface area contributed by atoms with E-state index in [-0.39, 0.29) is 5.54 Å². The van der Waals surface area contributed by atoms with Gasteiger partial charge in [0.25, 0.3) is 0 Å². The topological polar surface area (TPSA) is 82.9 Å². The van der Waals surface area contributed by atoms with Gasteiger partial charge < -0.3 is 20.0 Å². The van der Waals surface area contributed by atoms with Gasteiger partial charge in [0.15, 0.2) is 0 Å². The van der Waals surface area contributed by atoms with Crippen molar-refractivity contribution in [1.82, 2.24) is 9.97 Å². The zero-order chi connectivity index (χ0) is 24.4. The third-order valence-electron chi connectivity index (χ3n) is 9.15. The van der Waals surface area contributed by atoms with Gasteiger partial charge in [-0.15, -0.1) is 0 Å². The zero-order valence-corrected chi connectivity index (χ0v) is 21.9. The zero-order valence-electron chi connectivity index (χ0n) is 21.1. The molecule has 9 heteroatoms. The monoisotopic (exact) mass is 506 g/mol. The maximum atomic E-state index is 12.9. The van der Waals surface area contributed by atoms with Crippen molar-refractivity contribution in [2.75, 3.05) is 54.2 Å². The molecule has 36 heavy (non-hydrogen) atoms. The van der Waals surface area contributed by atoms with Gasteiger partial charge in [-0.1, -0.05) is 11.2 Å². The largest absolute Gasteiger partial charge is 0.399 e. The highest BCUT2D eigenvalue weighted by atomic mass is 32.2. The van der Waals surface area contributed by atoms with Crippen molar-refractivity contribution < 1.29 is 9.05 Å². The lowest BCUT2D eigenvalue weighted by Gasteiger charge is -2.42. The van der Waals surface area contributed by atoms with Crippen molar-refractivity contribution in [3.8, 4) is 0 Å². The van der Waals surface area contributed by atoms with E-state index in [9.17, 15) is 4.21 Å². The molecule has 3 unspecified atom stereocenters. The summed E-state index contributed by atoms with van der Waals surface area (Å²) in [6.07, 6.45) is 6.28. The molecular formula is C27H34N6O2S. The van der Waals surface area contributed by atoms with E-state index in [0.717, 1.165) is 79.9 Å². The summed E-state index contributed by atoms with van der Waals surface area (Å²) < 4.78 is 12.9. The Labute approximate surface area is 215 Å². The van der Waals surface area contributed by atoms with Crippen LogP contribution in [0, 0.1) is 11.8 Å². The Bertz CT molecular complexity index is 1260. The molecule has 7 rings (SSSR count). The van der Waals surface area contributed by atoms with Crippen molar-refractivity contribution in [3.63, 3.8) is 0 Å². The van der Waals surface area contributed by atoms with E-state index in [2.05, 4.69) is 38.5 Å². The SMILES string of the molecule is CO/N=C(\C)C1(Nc2nc(N3CC4CN(c5ccc6c(c5)CC6)CC4C3)nc3c2S(=O)CC3)CCC1. The van der Waals surface area contributed by atoms with Crippen LogP contribution in [0.1, 0.15) is 43.0 Å². The van der Waals surface area contributed by atoms with Gasteiger partial charge in [0, 0.05) is 55.9 Å². The number of aryl methyl sites for hydroxylation is 3. The number of anilines is 3. The van der Waals surface area contributed by atoms with E-state index < -0.39 is 10.8 Å². The summed E-state index contributed by atoms with van der Waals surface area (Å²) in [5, 5.41) is 7.91. The lowest BCUT2D eigenvalue weighted by atomic mass is 9.73. The fourth-order valence-electron chi connectivity index (χ4n) is 6.71. The highest BCUT2D eigenvalue weighted by Crippen LogP contribution is 2.41. The second-order valence-electron chi connectivity index (χ2n) is 11.2. The molecule has 0 amide bonds. The third-order valence-corrected chi connectivity index (χ3v) is 10.6. The Balaban J connectivity index is 1.12. The molecule has 2 aromatic rings. The minimum absolute atomic E-state index is 0.277. The molecule has 8 nitrogen and oxygen atoms in total. The van der Waals surface area contributed by atoms with E-state index in [4.69, 9.17) is 14.8 Å². The molecule has 0 radical (unpaired) electrons. The molecule has 4 heterocycles. The van der Waals surface area contributed by atoms with Crippen LogP contribution in [0.4, 0.5) is 17.5 Å². The number of hydrogen-bond acceptors (Lipinski definition) is 8. The quantitative estimate of drug-likeness (QED) is 0.476. The highest BCUT2D eigenvalue weighted by Gasteiger charge is 2.44.